The summed E-state index contributed by atoms with van der Waals surface area (Å²) in [7, 11) is 1.74. The first-order valence-electron chi connectivity index (χ1n) is 9.53. The maximum absolute atomic E-state index is 9.95. The molecule has 0 aromatic carbocycles. The molecule has 0 fully saturated rings. The first-order valence-corrected chi connectivity index (χ1v) is 9.53. The maximum Gasteiger partial charge on any atom is 0.0897 e. The average Bonchev–Trinajstić information content (AvgIpc) is 2.53. The van der Waals surface area contributed by atoms with Crippen LogP contribution in [0.15, 0.2) is 36.5 Å². The fourth-order valence-electron chi connectivity index (χ4n) is 3.75. The van der Waals surface area contributed by atoms with Crippen molar-refractivity contribution < 1.29 is 14.9 Å². The Bertz CT molecular complexity index is 452. The van der Waals surface area contributed by atoms with Crippen molar-refractivity contribution in [3.8, 4) is 0 Å². The third-order valence-electron chi connectivity index (χ3n) is 4.31. The molecule has 0 aromatic heterocycles. The van der Waals surface area contributed by atoms with Crippen LogP contribution in [-0.2, 0) is 4.74 Å². The molecule has 0 amide bonds. The van der Waals surface area contributed by atoms with Crippen LogP contribution in [0, 0.1) is 10.8 Å². The Labute approximate surface area is 161 Å². The number of rotatable bonds is 14. The number of allylic oxidation sites excluding steroid dienone is 4. The molecule has 1 atom stereocenters. The van der Waals surface area contributed by atoms with Crippen LogP contribution >= 0.6 is 0 Å². The van der Waals surface area contributed by atoms with E-state index in [-0.39, 0.29) is 17.4 Å². The molecule has 1 unspecified atom stereocenters. The van der Waals surface area contributed by atoms with Crippen molar-refractivity contribution in [2.24, 2.45) is 10.8 Å². The molecule has 0 radical (unpaired) electrons. The SMILES string of the molecule is C=C/C(=C\C=C/C)CCN(CC(O)CO)CC(C)(C)CC(C)(C)COC. The lowest BCUT2D eigenvalue weighted by molar-refractivity contribution is 0.0270. The lowest BCUT2D eigenvalue weighted by Crippen LogP contribution is -2.42. The van der Waals surface area contributed by atoms with Gasteiger partial charge in [0.1, 0.15) is 0 Å². The summed E-state index contributed by atoms with van der Waals surface area (Å²) in [6.45, 7) is 17.5. The quantitative estimate of drug-likeness (QED) is 0.459. The summed E-state index contributed by atoms with van der Waals surface area (Å²) < 4.78 is 5.36. The predicted molar refractivity (Wildman–Crippen MR) is 111 cm³/mol. The monoisotopic (exact) mass is 367 g/mol. The molecule has 0 bridgehead atoms. The largest absolute Gasteiger partial charge is 0.394 e. The molecule has 4 heteroatoms. The van der Waals surface area contributed by atoms with Crippen LogP contribution in [0.3, 0.4) is 0 Å². The normalized spacial score (nSPS) is 15.0. The zero-order valence-electron chi connectivity index (χ0n) is 17.8. The zero-order chi connectivity index (χ0) is 20.2. The van der Waals surface area contributed by atoms with Crippen molar-refractivity contribution in [3.63, 3.8) is 0 Å². The van der Waals surface area contributed by atoms with Crippen molar-refractivity contribution >= 4 is 0 Å². The highest BCUT2D eigenvalue weighted by atomic mass is 16.5. The molecular formula is C22H41NO3. The summed E-state index contributed by atoms with van der Waals surface area (Å²) in [5.74, 6) is 0. The van der Waals surface area contributed by atoms with Gasteiger partial charge in [-0.05, 0) is 36.2 Å². The molecule has 0 aliphatic rings. The third-order valence-corrected chi connectivity index (χ3v) is 4.31. The Morgan fingerprint density at radius 2 is 1.88 bits per heavy atom. The molecule has 0 saturated heterocycles. The standard InChI is InChI=1S/C22H41NO3/c1-8-10-11-19(9-2)12-13-23(14-20(25)15-24)17-21(3,4)16-22(5,6)18-26-7/h8-11,20,24-25H,2,12-18H2,1,3-7H3/b10-8-,19-11+. The topological polar surface area (TPSA) is 52.9 Å². The second-order valence-corrected chi connectivity index (χ2v) is 8.73. The Morgan fingerprint density at radius 1 is 1.23 bits per heavy atom. The molecule has 0 spiro atoms. The van der Waals surface area contributed by atoms with Gasteiger partial charge in [0, 0.05) is 26.7 Å². The maximum atomic E-state index is 9.95. The molecular weight excluding hydrogens is 326 g/mol. The van der Waals surface area contributed by atoms with Crippen molar-refractivity contribution in [3.05, 3.63) is 36.5 Å². The molecule has 4 nitrogen and oxygen atoms in total. The molecule has 0 rings (SSSR count). The van der Waals surface area contributed by atoms with Crippen LogP contribution in [-0.4, -0.2) is 61.2 Å². The Kier molecular flexibility index (Phi) is 12.0. The van der Waals surface area contributed by atoms with Gasteiger partial charge in [0.15, 0.2) is 0 Å². The first-order chi connectivity index (χ1) is 12.1. The first kappa shape index (κ1) is 25.1. The van der Waals surface area contributed by atoms with Gasteiger partial charge in [-0.25, -0.2) is 0 Å². The Morgan fingerprint density at radius 3 is 2.38 bits per heavy atom. The number of nitrogens with zero attached hydrogens (tertiary/aromatic N) is 1. The lowest BCUT2D eigenvalue weighted by atomic mass is 9.75. The average molecular weight is 368 g/mol. The van der Waals surface area contributed by atoms with Crippen molar-refractivity contribution in [1.29, 1.82) is 0 Å². The predicted octanol–water partition coefficient (Wildman–Crippen LogP) is 3.81. The number of aliphatic hydroxyl groups is 2. The fourth-order valence-corrected chi connectivity index (χ4v) is 3.75. The van der Waals surface area contributed by atoms with E-state index in [0.29, 0.717) is 6.54 Å². The van der Waals surface area contributed by atoms with Crippen LogP contribution in [0.5, 0.6) is 0 Å². The molecule has 152 valence electrons. The highest BCUT2D eigenvalue weighted by Crippen LogP contribution is 2.34. The van der Waals surface area contributed by atoms with E-state index < -0.39 is 6.10 Å². The van der Waals surface area contributed by atoms with Gasteiger partial charge in [-0.15, -0.1) is 0 Å². The highest BCUT2D eigenvalue weighted by Gasteiger charge is 2.31. The van der Waals surface area contributed by atoms with E-state index in [1.165, 1.54) is 5.57 Å². The Balaban J connectivity index is 5.03. The molecule has 0 aliphatic carbocycles. The van der Waals surface area contributed by atoms with E-state index in [1.807, 2.05) is 25.2 Å². The van der Waals surface area contributed by atoms with Gasteiger partial charge >= 0.3 is 0 Å². The van der Waals surface area contributed by atoms with Crippen molar-refractivity contribution in [1.82, 2.24) is 4.90 Å². The molecule has 26 heavy (non-hydrogen) atoms. The summed E-state index contributed by atoms with van der Waals surface area (Å²) in [4.78, 5) is 2.25. The summed E-state index contributed by atoms with van der Waals surface area (Å²) in [5.41, 5.74) is 1.33. The summed E-state index contributed by atoms with van der Waals surface area (Å²) in [6.07, 6.45) is 9.13. The zero-order valence-corrected chi connectivity index (χ0v) is 17.8. The number of aliphatic hydroxyl groups excluding tert-OH is 2. The van der Waals surface area contributed by atoms with E-state index in [4.69, 9.17) is 4.74 Å². The minimum Gasteiger partial charge on any atom is -0.394 e. The van der Waals surface area contributed by atoms with E-state index in [9.17, 15) is 10.2 Å². The van der Waals surface area contributed by atoms with Crippen LogP contribution in [0.2, 0.25) is 0 Å². The molecule has 0 heterocycles. The second kappa shape index (κ2) is 12.4. The highest BCUT2D eigenvalue weighted by molar-refractivity contribution is 5.22. The van der Waals surface area contributed by atoms with E-state index in [0.717, 1.165) is 32.5 Å². The van der Waals surface area contributed by atoms with Crippen molar-refractivity contribution in [2.75, 3.05) is 40.0 Å². The fraction of sp³-hybridized carbons (Fsp3) is 0.727. The van der Waals surface area contributed by atoms with Gasteiger partial charge in [-0.2, -0.15) is 0 Å². The minimum absolute atomic E-state index is 0.0680. The smallest absolute Gasteiger partial charge is 0.0897 e. The van der Waals surface area contributed by atoms with E-state index >= 15 is 0 Å². The van der Waals surface area contributed by atoms with Gasteiger partial charge in [-0.3, -0.25) is 4.90 Å². The number of hydrogen-bond acceptors (Lipinski definition) is 4. The number of hydrogen-bond donors (Lipinski definition) is 2. The number of methoxy groups -OCH3 is 1. The van der Waals surface area contributed by atoms with E-state index in [1.54, 1.807) is 7.11 Å². The van der Waals surface area contributed by atoms with Gasteiger partial charge < -0.3 is 14.9 Å². The summed E-state index contributed by atoms with van der Waals surface area (Å²) in [5, 5.41) is 19.2. The van der Waals surface area contributed by atoms with E-state index in [2.05, 4.69) is 45.2 Å². The van der Waals surface area contributed by atoms with Crippen LogP contribution in [0.25, 0.3) is 0 Å². The lowest BCUT2D eigenvalue weighted by Gasteiger charge is -2.39. The van der Waals surface area contributed by atoms with Crippen LogP contribution in [0.1, 0.15) is 47.5 Å². The molecule has 0 aliphatic heterocycles. The number of ether oxygens (including phenoxy) is 1. The Hall–Kier alpha value is -0.940. The molecule has 2 N–H and O–H groups in total. The molecule has 0 aromatic rings. The van der Waals surface area contributed by atoms with Gasteiger partial charge in [0.2, 0.25) is 0 Å². The molecule has 0 saturated carbocycles. The summed E-state index contributed by atoms with van der Waals surface area (Å²) >= 11 is 0. The van der Waals surface area contributed by atoms with Crippen LogP contribution in [0.4, 0.5) is 0 Å². The second-order valence-electron chi connectivity index (χ2n) is 8.73. The third kappa shape index (κ3) is 11.6. The minimum atomic E-state index is -0.718. The van der Waals surface area contributed by atoms with Gasteiger partial charge in [0.05, 0.1) is 19.3 Å². The van der Waals surface area contributed by atoms with Gasteiger partial charge in [-0.1, -0.05) is 58.6 Å². The van der Waals surface area contributed by atoms with Crippen LogP contribution < -0.4 is 0 Å². The van der Waals surface area contributed by atoms with Crippen molar-refractivity contribution in [2.45, 2.75) is 53.6 Å². The van der Waals surface area contributed by atoms with Gasteiger partial charge in [0.25, 0.3) is 0 Å². The summed E-state index contributed by atoms with van der Waals surface area (Å²) in [6, 6.07) is 0.